The smallest absolute Gasteiger partial charge is 0.114 e. The SMILES string of the molecule is [B]1C2CCCC1C(C#C[Si](c1ccccc1)(c1ccccc1)c1ccccc1)CC2. The molecule has 30 heavy (non-hydrogen) atoms. The summed E-state index contributed by atoms with van der Waals surface area (Å²) in [5.74, 6) is 5.95. The Morgan fingerprint density at radius 1 is 0.633 bits per heavy atom. The van der Waals surface area contributed by atoms with E-state index in [1.807, 2.05) is 0 Å². The molecule has 0 aromatic heterocycles. The van der Waals surface area contributed by atoms with Gasteiger partial charge < -0.3 is 0 Å². The van der Waals surface area contributed by atoms with Crippen LogP contribution in [0.2, 0.25) is 11.6 Å². The van der Waals surface area contributed by atoms with Crippen molar-refractivity contribution in [1.29, 1.82) is 0 Å². The maximum atomic E-state index is 4.02. The fraction of sp³-hybridized carbons (Fsp3) is 0.286. The molecular weight excluding hydrogens is 375 g/mol. The summed E-state index contributed by atoms with van der Waals surface area (Å²) in [6, 6.07) is 33.2. The molecule has 0 amide bonds. The molecule has 2 heterocycles. The summed E-state index contributed by atoms with van der Waals surface area (Å²) in [5.41, 5.74) is 4.02. The fourth-order valence-electron chi connectivity index (χ4n) is 5.50. The summed E-state index contributed by atoms with van der Waals surface area (Å²) in [6.07, 6.45) is 6.69. The Hall–Kier alpha value is -2.50. The van der Waals surface area contributed by atoms with Gasteiger partial charge >= 0.3 is 0 Å². The molecule has 2 bridgehead atoms. The van der Waals surface area contributed by atoms with Gasteiger partial charge in [0.25, 0.3) is 0 Å². The van der Waals surface area contributed by atoms with E-state index in [0.717, 1.165) is 5.82 Å². The number of rotatable bonds is 3. The third kappa shape index (κ3) is 3.68. The zero-order chi connectivity index (χ0) is 20.2. The van der Waals surface area contributed by atoms with Gasteiger partial charge in [-0.15, -0.1) is 11.5 Å². The average Bonchev–Trinajstić information content (AvgIpc) is 2.83. The highest BCUT2D eigenvalue weighted by Gasteiger charge is 2.39. The van der Waals surface area contributed by atoms with Crippen molar-refractivity contribution in [3.05, 3.63) is 91.0 Å². The minimum Gasteiger partial charge on any atom is -0.114 e. The minimum absolute atomic E-state index is 0.518. The quantitative estimate of drug-likeness (QED) is 0.341. The lowest BCUT2D eigenvalue weighted by Gasteiger charge is -2.37. The number of fused-ring (bicyclic) bond motifs is 2. The summed E-state index contributed by atoms with van der Waals surface area (Å²) in [6.45, 7) is 0. The predicted molar refractivity (Wildman–Crippen MR) is 132 cm³/mol. The monoisotopic (exact) mass is 403 g/mol. The molecule has 147 valence electrons. The highest BCUT2D eigenvalue weighted by molar-refractivity contribution is 7.16. The molecule has 0 saturated carbocycles. The van der Waals surface area contributed by atoms with Crippen LogP contribution < -0.4 is 15.6 Å². The number of benzene rings is 3. The molecule has 2 heteroatoms. The largest absolute Gasteiger partial charge is 0.229 e. The van der Waals surface area contributed by atoms with Crippen LogP contribution >= 0.6 is 0 Å². The third-order valence-corrected chi connectivity index (χ3v) is 11.2. The third-order valence-electron chi connectivity index (χ3n) is 7.06. The van der Waals surface area contributed by atoms with Gasteiger partial charge in [-0.2, -0.15) is 0 Å². The Bertz CT molecular complexity index is 923. The van der Waals surface area contributed by atoms with Crippen LogP contribution in [-0.2, 0) is 0 Å². The van der Waals surface area contributed by atoms with E-state index in [2.05, 4.69) is 110 Å². The molecule has 1 radical (unpaired) electrons. The molecule has 3 aromatic rings. The van der Waals surface area contributed by atoms with Crippen molar-refractivity contribution in [3.8, 4) is 11.5 Å². The van der Waals surface area contributed by atoms with Gasteiger partial charge in [-0.1, -0.05) is 128 Å². The zero-order valence-corrected chi connectivity index (χ0v) is 18.5. The zero-order valence-electron chi connectivity index (χ0n) is 17.5. The van der Waals surface area contributed by atoms with Crippen LogP contribution in [0, 0.1) is 17.4 Å². The van der Waals surface area contributed by atoms with Gasteiger partial charge in [0.15, 0.2) is 0 Å². The molecule has 2 aliphatic rings. The fourth-order valence-corrected chi connectivity index (χ4v) is 9.41. The first-order valence-electron chi connectivity index (χ1n) is 11.4. The normalized spacial score (nSPS) is 23.0. The van der Waals surface area contributed by atoms with Crippen LogP contribution in [0.25, 0.3) is 0 Å². The Labute approximate surface area is 183 Å². The molecule has 3 atom stereocenters. The second-order valence-corrected chi connectivity index (χ2v) is 12.3. The summed E-state index contributed by atoms with van der Waals surface area (Å²) in [4.78, 5) is 0. The van der Waals surface area contributed by atoms with Gasteiger partial charge in [0.1, 0.15) is 7.28 Å². The molecular formula is C28H28BSi. The average molecular weight is 403 g/mol. The molecule has 5 rings (SSSR count). The topological polar surface area (TPSA) is 0 Å². The molecule has 2 saturated heterocycles. The van der Waals surface area contributed by atoms with E-state index in [4.69, 9.17) is 0 Å². The van der Waals surface area contributed by atoms with Crippen molar-refractivity contribution in [2.75, 3.05) is 0 Å². The molecule has 0 aliphatic carbocycles. The van der Waals surface area contributed by atoms with Gasteiger partial charge in [0.05, 0.1) is 0 Å². The van der Waals surface area contributed by atoms with Crippen molar-refractivity contribution >= 4 is 30.9 Å². The maximum Gasteiger partial charge on any atom is 0.229 e. The van der Waals surface area contributed by atoms with Crippen LogP contribution in [0.3, 0.4) is 0 Å². The minimum atomic E-state index is -2.42. The standard InChI is InChI=1S/C28H28BSi/c1-4-12-25(13-5-1)30(26-14-6-2-7-15-26,27-16-8-3-9-17-27)22-21-23-19-20-24-11-10-18-28(23)29-24/h1-9,12-17,23-24,28H,10-11,18-20H2. The summed E-state index contributed by atoms with van der Waals surface area (Å²) < 4.78 is 0. The first-order chi connectivity index (χ1) is 14.9. The van der Waals surface area contributed by atoms with Crippen LogP contribution in [-0.4, -0.2) is 15.4 Å². The molecule has 2 fully saturated rings. The van der Waals surface area contributed by atoms with Crippen LogP contribution in [0.4, 0.5) is 0 Å². The maximum absolute atomic E-state index is 4.02. The van der Waals surface area contributed by atoms with Crippen molar-refractivity contribution in [1.82, 2.24) is 0 Å². The second kappa shape index (κ2) is 8.70. The van der Waals surface area contributed by atoms with E-state index in [1.54, 1.807) is 0 Å². The Morgan fingerprint density at radius 2 is 1.17 bits per heavy atom. The first kappa shape index (κ1) is 19.5. The molecule has 0 nitrogen and oxygen atoms in total. The van der Waals surface area contributed by atoms with Gasteiger partial charge in [-0.25, -0.2) is 0 Å². The summed E-state index contributed by atoms with van der Waals surface area (Å²) >= 11 is 0. The van der Waals surface area contributed by atoms with E-state index in [-0.39, 0.29) is 0 Å². The van der Waals surface area contributed by atoms with Crippen molar-refractivity contribution in [2.24, 2.45) is 5.92 Å². The molecule has 3 aromatic carbocycles. The lowest BCUT2D eigenvalue weighted by atomic mass is 9.41. The number of hydrogen-bond acceptors (Lipinski definition) is 0. The van der Waals surface area contributed by atoms with Gasteiger partial charge in [-0.05, 0) is 22.0 Å². The van der Waals surface area contributed by atoms with Crippen LogP contribution in [0.1, 0.15) is 32.1 Å². The summed E-state index contributed by atoms with van der Waals surface area (Å²) in [5, 5.41) is 4.16. The molecule has 0 spiro atoms. The van der Waals surface area contributed by atoms with E-state index in [1.165, 1.54) is 47.7 Å². The van der Waals surface area contributed by atoms with Crippen molar-refractivity contribution in [3.63, 3.8) is 0 Å². The first-order valence-corrected chi connectivity index (χ1v) is 13.4. The van der Waals surface area contributed by atoms with E-state index in [0.29, 0.717) is 11.7 Å². The van der Waals surface area contributed by atoms with Crippen LogP contribution in [0.5, 0.6) is 0 Å². The Balaban J connectivity index is 1.67. The van der Waals surface area contributed by atoms with E-state index >= 15 is 0 Å². The lowest BCUT2D eigenvalue weighted by Crippen LogP contribution is -2.66. The molecule has 3 unspecified atom stereocenters. The Kier molecular flexibility index (Phi) is 5.65. The van der Waals surface area contributed by atoms with E-state index in [9.17, 15) is 0 Å². The highest BCUT2D eigenvalue weighted by Crippen LogP contribution is 2.44. The second-order valence-electron chi connectivity index (χ2n) is 8.85. The summed E-state index contributed by atoms with van der Waals surface area (Å²) in [7, 11) is 0.218. The van der Waals surface area contributed by atoms with Crippen molar-refractivity contribution in [2.45, 2.75) is 43.7 Å². The van der Waals surface area contributed by atoms with Crippen LogP contribution in [0.15, 0.2) is 91.0 Å². The van der Waals surface area contributed by atoms with Gasteiger partial charge in [-0.3, -0.25) is 0 Å². The number of hydrogen-bond donors (Lipinski definition) is 0. The van der Waals surface area contributed by atoms with Gasteiger partial charge in [0, 0.05) is 5.92 Å². The van der Waals surface area contributed by atoms with E-state index < -0.39 is 8.07 Å². The lowest BCUT2D eigenvalue weighted by molar-refractivity contribution is 0.399. The Morgan fingerprint density at radius 3 is 1.70 bits per heavy atom. The highest BCUT2D eigenvalue weighted by atomic mass is 28.3. The molecule has 2 aliphatic heterocycles. The van der Waals surface area contributed by atoms with Gasteiger partial charge in [0.2, 0.25) is 8.07 Å². The molecule has 0 N–H and O–H groups in total. The van der Waals surface area contributed by atoms with Crippen molar-refractivity contribution < 1.29 is 0 Å². The predicted octanol–water partition coefficient (Wildman–Crippen LogP) is 4.57.